The van der Waals surface area contributed by atoms with Gasteiger partial charge in [-0.2, -0.15) is 30.3 Å². The van der Waals surface area contributed by atoms with Crippen LogP contribution in [0.2, 0.25) is 0 Å². The smallest absolute Gasteiger partial charge is 0 e. The van der Waals surface area contributed by atoms with Gasteiger partial charge >= 0.3 is 0 Å². The first-order chi connectivity index (χ1) is 6.77. The summed E-state index contributed by atoms with van der Waals surface area (Å²) in [6, 6.07) is 18.3. The summed E-state index contributed by atoms with van der Waals surface area (Å²) in [6.45, 7) is 0. The second-order valence-corrected chi connectivity index (χ2v) is 4.89. The van der Waals surface area contributed by atoms with Gasteiger partial charge in [-0.25, -0.2) is 11.1 Å². The minimum absolute atomic E-state index is 0. The molecule has 0 saturated heterocycles. The quantitative estimate of drug-likeness (QED) is 0.453. The molecule has 2 aromatic rings. The number of hydrogen-bond donors (Lipinski definition) is 0. The predicted molar refractivity (Wildman–Crippen MR) is 70.0 cm³/mol. The van der Waals surface area contributed by atoms with Crippen molar-refractivity contribution in [1.82, 2.24) is 0 Å². The molecule has 0 heterocycles. The fraction of sp³-hybridized carbons (Fsp3) is 0. The number of hydrogen-bond acceptors (Lipinski definition) is 0. The summed E-state index contributed by atoms with van der Waals surface area (Å²) in [5.74, 6) is 0. The Balaban J connectivity index is 0.00000112. The van der Waals surface area contributed by atoms with Gasteiger partial charge in [0.05, 0.1) is 0 Å². The van der Waals surface area contributed by atoms with Crippen molar-refractivity contribution in [3.05, 3.63) is 56.6 Å². The third-order valence-electron chi connectivity index (χ3n) is 1.84. The molecule has 2 rings (SSSR count). The molecule has 73 valence electrons. The maximum Gasteiger partial charge on any atom is 0 e. The van der Waals surface area contributed by atoms with E-state index in [-0.39, 0.29) is 32.7 Å². The molecule has 0 fully saturated rings. The van der Waals surface area contributed by atoms with Crippen molar-refractivity contribution in [3.63, 3.8) is 0 Å². The summed E-state index contributed by atoms with van der Waals surface area (Å²) in [7, 11) is 0. The van der Waals surface area contributed by atoms with E-state index in [1.165, 1.54) is 3.57 Å². The first-order valence-electron chi connectivity index (χ1n) is 4.11. The molecule has 1 radical (unpaired) electrons. The van der Waals surface area contributed by atoms with Crippen molar-refractivity contribution in [2.24, 2.45) is 0 Å². The molecule has 0 spiro atoms. The fourth-order valence-corrected chi connectivity index (χ4v) is 2.22. The van der Waals surface area contributed by atoms with Gasteiger partial charge in [0.25, 0.3) is 0 Å². The normalized spacial score (nSPS) is 9.47. The van der Waals surface area contributed by atoms with Crippen molar-refractivity contribution in [2.45, 2.75) is 0 Å². The average Bonchev–Trinajstić information content (AvgIpc) is 2.18. The van der Waals surface area contributed by atoms with E-state index in [9.17, 15) is 0 Å². The van der Waals surface area contributed by atoms with E-state index in [0.717, 1.165) is 15.6 Å². The Morgan fingerprint density at radius 2 is 1.93 bits per heavy atom. The Bertz CT molecular complexity index is 457. The topological polar surface area (TPSA) is 0 Å². The Labute approximate surface area is 137 Å². The molecular formula is C12H6BrIY-2. The van der Waals surface area contributed by atoms with Crippen LogP contribution in [0.25, 0.3) is 11.1 Å². The van der Waals surface area contributed by atoms with E-state index >= 15 is 0 Å². The van der Waals surface area contributed by atoms with Crippen LogP contribution in [-0.4, -0.2) is 0 Å². The second-order valence-electron chi connectivity index (χ2n) is 2.81. The molecule has 0 atom stereocenters. The van der Waals surface area contributed by atoms with Gasteiger partial charge in [-0.15, -0.1) is 44.4 Å². The largest absolute Gasteiger partial charge is 0.224 e. The van der Waals surface area contributed by atoms with E-state index < -0.39 is 0 Å². The molecule has 0 N–H and O–H groups in total. The Hall–Kier alpha value is 0.754. The summed E-state index contributed by atoms with van der Waals surface area (Å²) in [5.41, 5.74) is 2.18. The minimum Gasteiger partial charge on any atom is -0.224 e. The monoisotopic (exact) mass is 445 g/mol. The van der Waals surface area contributed by atoms with Crippen LogP contribution in [0.1, 0.15) is 0 Å². The van der Waals surface area contributed by atoms with Gasteiger partial charge in [0, 0.05) is 32.7 Å². The molecule has 0 amide bonds. The van der Waals surface area contributed by atoms with E-state index in [0.29, 0.717) is 0 Å². The molecule has 0 aliphatic rings. The van der Waals surface area contributed by atoms with Crippen LogP contribution < -0.4 is 0 Å². The maximum absolute atomic E-state index is 3.45. The number of halogens is 2. The molecule has 3 heteroatoms. The molecule has 0 aromatic heterocycles. The van der Waals surface area contributed by atoms with Crippen LogP contribution in [0.4, 0.5) is 0 Å². The van der Waals surface area contributed by atoms with Crippen LogP contribution in [0.3, 0.4) is 0 Å². The molecule has 0 unspecified atom stereocenters. The van der Waals surface area contributed by atoms with Crippen LogP contribution in [0.15, 0.2) is 40.9 Å². The molecular weight excluding hydrogens is 440 g/mol. The van der Waals surface area contributed by atoms with Crippen LogP contribution >= 0.6 is 38.5 Å². The van der Waals surface area contributed by atoms with E-state index in [1.807, 2.05) is 30.3 Å². The van der Waals surface area contributed by atoms with E-state index in [2.05, 4.69) is 56.7 Å². The number of benzene rings is 2. The maximum atomic E-state index is 3.45. The van der Waals surface area contributed by atoms with Crippen molar-refractivity contribution in [3.8, 4) is 11.1 Å². The molecule has 15 heavy (non-hydrogen) atoms. The van der Waals surface area contributed by atoms with Gasteiger partial charge in [-0.05, 0) is 0 Å². The predicted octanol–water partition coefficient (Wildman–Crippen LogP) is 4.32. The van der Waals surface area contributed by atoms with Gasteiger partial charge in [0.15, 0.2) is 0 Å². The third-order valence-corrected chi connectivity index (χ3v) is 3.23. The average molecular weight is 446 g/mol. The zero-order valence-electron chi connectivity index (χ0n) is 7.80. The fourth-order valence-electron chi connectivity index (χ4n) is 1.21. The van der Waals surface area contributed by atoms with Gasteiger partial charge in [-0.3, -0.25) is 0 Å². The van der Waals surface area contributed by atoms with E-state index in [4.69, 9.17) is 0 Å². The van der Waals surface area contributed by atoms with Gasteiger partial charge in [0.1, 0.15) is 0 Å². The Morgan fingerprint density at radius 3 is 2.60 bits per heavy atom. The van der Waals surface area contributed by atoms with Crippen molar-refractivity contribution >= 4 is 38.5 Å². The molecule has 0 aliphatic heterocycles. The van der Waals surface area contributed by atoms with Crippen LogP contribution in [0.5, 0.6) is 0 Å². The number of rotatable bonds is 1. The van der Waals surface area contributed by atoms with Crippen LogP contribution in [-0.2, 0) is 32.7 Å². The zero-order valence-corrected chi connectivity index (χ0v) is 14.4. The van der Waals surface area contributed by atoms with Gasteiger partial charge < -0.3 is 0 Å². The summed E-state index contributed by atoms with van der Waals surface area (Å²) in [4.78, 5) is 0. The summed E-state index contributed by atoms with van der Waals surface area (Å²) < 4.78 is 2.26. The molecule has 0 nitrogen and oxygen atoms in total. The van der Waals surface area contributed by atoms with Gasteiger partial charge in [0.2, 0.25) is 0 Å². The SMILES string of the molecule is Brc1cc[c-]c(-c2[c-]cccc2I)c1.[Y]. The van der Waals surface area contributed by atoms with E-state index in [1.54, 1.807) is 0 Å². The third kappa shape index (κ3) is 3.62. The van der Waals surface area contributed by atoms with Crippen molar-refractivity contribution in [2.75, 3.05) is 0 Å². The second kappa shape index (κ2) is 6.48. The van der Waals surface area contributed by atoms with Crippen LogP contribution in [0, 0.1) is 15.7 Å². The standard InChI is InChI=1S/C12H6BrI.Y/c13-10-5-3-4-9(8-10)11-6-1-2-7-12(11)14;/h1-3,5,7-8H;/q-2;. The summed E-state index contributed by atoms with van der Waals surface area (Å²) in [6.07, 6.45) is 0. The minimum atomic E-state index is 0. The van der Waals surface area contributed by atoms with Gasteiger partial charge in [-0.1, -0.05) is 20.4 Å². The van der Waals surface area contributed by atoms with Crippen molar-refractivity contribution in [1.29, 1.82) is 0 Å². The summed E-state index contributed by atoms with van der Waals surface area (Å²) in [5, 5.41) is 0. The first kappa shape index (κ1) is 13.8. The molecule has 0 aliphatic carbocycles. The molecule has 2 aromatic carbocycles. The molecule has 0 saturated carbocycles. The van der Waals surface area contributed by atoms with Crippen molar-refractivity contribution < 1.29 is 32.7 Å². The first-order valence-corrected chi connectivity index (χ1v) is 5.98. The molecule has 0 bridgehead atoms. The Kier molecular flexibility index (Phi) is 5.97. The summed E-state index contributed by atoms with van der Waals surface area (Å²) >= 11 is 5.76. The zero-order chi connectivity index (χ0) is 9.97. The Morgan fingerprint density at radius 1 is 1.13 bits per heavy atom.